The molecule has 0 radical (unpaired) electrons. The Bertz CT molecular complexity index is 693. The van der Waals surface area contributed by atoms with E-state index >= 15 is 0 Å². The van der Waals surface area contributed by atoms with Crippen molar-refractivity contribution in [3.8, 4) is 0 Å². The van der Waals surface area contributed by atoms with Gasteiger partial charge in [0.15, 0.2) is 5.92 Å². The monoisotopic (exact) mass is 369 g/mol. The van der Waals surface area contributed by atoms with Crippen LogP contribution in [0.2, 0.25) is 5.02 Å². The maximum absolute atomic E-state index is 12.5. The average Bonchev–Trinajstić information content (AvgIpc) is 2.60. The third kappa shape index (κ3) is 3.85. The van der Waals surface area contributed by atoms with E-state index in [1.54, 1.807) is 0 Å². The molecule has 9 nitrogen and oxygen atoms in total. The molecule has 4 amide bonds. The lowest BCUT2D eigenvalue weighted by atomic mass is 10.0. The van der Waals surface area contributed by atoms with Crippen LogP contribution in [0.5, 0.6) is 0 Å². The second-order valence-corrected chi connectivity index (χ2v) is 5.84. The fourth-order valence-corrected chi connectivity index (χ4v) is 2.19. The van der Waals surface area contributed by atoms with Crippen molar-refractivity contribution in [2.75, 3.05) is 24.7 Å². The molecule has 0 aliphatic carbocycles. The number of nitrogens with one attached hydrogen (secondary N) is 1. The number of anilines is 1. The van der Waals surface area contributed by atoms with Crippen LogP contribution in [0.1, 0.15) is 0 Å². The number of hydrogen-bond acceptors (Lipinski definition) is 7. The molecule has 10 heteroatoms. The van der Waals surface area contributed by atoms with Crippen molar-refractivity contribution >= 4 is 41.3 Å². The minimum atomic E-state index is -1.63. The number of aliphatic hydroxyl groups is 3. The normalized spacial score (nSPS) is 18.8. The van der Waals surface area contributed by atoms with Crippen LogP contribution in [0.4, 0.5) is 10.5 Å². The van der Waals surface area contributed by atoms with Crippen LogP contribution in [0.3, 0.4) is 0 Å². The van der Waals surface area contributed by atoms with Crippen molar-refractivity contribution in [1.29, 1.82) is 0 Å². The summed E-state index contributed by atoms with van der Waals surface area (Å²) in [5.41, 5.74) is -1.43. The van der Waals surface area contributed by atoms with Gasteiger partial charge < -0.3 is 15.3 Å². The SMILES string of the molecule is O=C1NC(=O)N(c2ccc(Cl)cc2)C(=O)[C@H]1C=NC(CO)(CO)CO. The van der Waals surface area contributed by atoms with Crippen molar-refractivity contribution in [3.63, 3.8) is 0 Å². The van der Waals surface area contributed by atoms with Crippen molar-refractivity contribution in [2.24, 2.45) is 10.9 Å². The maximum atomic E-state index is 12.5. The van der Waals surface area contributed by atoms with Crippen molar-refractivity contribution in [2.45, 2.75) is 5.54 Å². The Hall–Kier alpha value is -2.33. The smallest absolute Gasteiger partial charge is 0.335 e. The number of halogens is 1. The summed E-state index contributed by atoms with van der Waals surface area (Å²) in [6, 6.07) is 4.91. The van der Waals surface area contributed by atoms with Gasteiger partial charge in [-0.2, -0.15) is 0 Å². The number of barbiturate groups is 1. The highest BCUT2D eigenvalue weighted by Gasteiger charge is 2.41. The minimum Gasteiger partial charge on any atom is -0.394 e. The highest BCUT2D eigenvalue weighted by atomic mass is 35.5. The van der Waals surface area contributed by atoms with Crippen molar-refractivity contribution < 1.29 is 29.7 Å². The molecule has 4 N–H and O–H groups in total. The molecule has 0 spiro atoms. The van der Waals surface area contributed by atoms with E-state index in [9.17, 15) is 29.7 Å². The number of hydrogen-bond donors (Lipinski definition) is 4. The Morgan fingerprint density at radius 2 is 1.68 bits per heavy atom. The molecule has 134 valence electrons. The summed E-state index contributed by atoms with van der Waals surface area (Å²) in [6.07, 6.45) is 0.898. The largest absolute Gasteiger partial charge is 0.394 e. The average molecular weight is 370 g/mol. The van der Waals surface area contributed by atoms with Crippen LogP contribution in [-0.4, -0.2) is 64.7 Å². The first-order chi connectivity index (χ1) is 11.9. The Kier molecular flexibility index (Phi) is 5.85. The number of rotatable bonds is 6. The highest BCUT2D eigenvalue weighted by molar-refractivity contribution is 6.33. The number of carbonyl (C=O) groups excluding carboxylic acids is 3. The zero-order chi connectivity index (χ0) is 18.6. The molecule has 1 atom stereocenters. The van der Waals surface area contributed by atoms with Gasteiger partial charge in [0.05, 0.1) is 25.5 Å². The molecule has 0 aromatic heterocycles. The van der Waals surface area contributed by atoms with E-state index in [1.807, 2.05) is 5.32 Å². The Balaban J connectivity index is 2.32. The predicted molar refractivity (Wildman–Crippen MR) is 88.4 cm³/mol. The van der Waals surface area contributed by atoms with Gasteiger partial charge in [-0.1, -0.05) is 11.6 Å². The molecule has 0 bridgehead atoms. The second-order valence-electron chi connectivity index (χ2n) is 5.40. The van der Waals surface area contributed by atoms with Crippen LogP contribution in [-0.2, 0) is 9.59 Å². The number of urea groups is 1. The molecule has 1 aromatic carbocycles. The summed E-state index contributed by atoms with van der Waals surface area (Å²) >= 11 is 5.77. The number of aliphatic hydroxyl groups excluding tert-OH is 3. The third-order valence-corrected chi connectivity index (χ3v) is 3.92. The van der Waals surface area contributed by atoms with Gasteiger partial charge in [0.1, 0.15) is 5.54 Å². The molecule has 0 saturated carbocycles. The summed E-state index contributed by atoms with van der Waals surface area (Å²) in [4.78, 5) is 41.0. The topological polar surface area (TPSA) is 140 Å². The van der Waals surface area contributed by atoms with Crippen LogP contribution < -0.4 is 10.2 Å². The van der Waals surface area contributed by atoms with E-state index in [1.165, 1.54) is 24.3 Å². The van der Waals surface area contributed by atoms with Crippen LogP contribution in [0, 0.1) is 5.92 Å². The molecule has 0 unspecified atom stereocenters. The Morgan fingerprint density at radius 1 is 1.12 bits per heavy atom. The minimum absolute atomic E-state index is 0.204. The fourth-order valence-electron chi connectivity index (χ4n) is 2.06. The Labute approximate surface area is 147 Å². The molecule has 1 fully saturated rings. The predicted octanol–water partition coefficient (Wildman–Crippen LogP) is -0.675. The molecule has 25 heavy (non-hydrogen) atoms. The van der Waals surface area contributed by atoms with Gasteiger partial charge in [-0.05, 0) is 24.3 Å². The summed E-state index contributed by atoms with van der Waals surface area (Å²) in [7, 11) is 0. The number of amides is 4. The van der Waals surface area contributed by atoms with Crippen LogP contribution in [0.25, 0.3) is 0 Å². The molecule has 1 aromatic rings. The zero-order valence-corrected chi connectivity index (χ0v) is 13.7. The van der Waals surface area contributed by atoms with Gasteiger partial charge in [0.25, 0.3) is 5.91 Å². The number of carbonyl (C=O) groups is 3. The number of benzene rings is 1. The number of imide groups is 2. The second kappa shape index (κ2) is 7.70. The molecule has 1 aliphatic heterocycles. The number of aliphatic imine (C=N–C) groups is 1. The fraction of sp³-hybridized carbons (Fsp3) is 0.333. The van der Waals surface area contributed by atoms with E-state index < -0.39 is 49.1 Å². The zero-order valence-electron chi connectivity index (χ0n) is 12.9. The van der Waals surface area contributed by atoms with Crippen molar-refractivity contribution in [3.05, 3.63) is 29.3 Å². The van der Waals surface area contributed by atoms with E-state index in [4.69, 9.17) is 11.6 Å². The van der Waals surface area contributed by atoms with Gasteiger partial charge in [0, 0.05) is 11.2 Å². The first-order valence-corrected chi connectivity index (χ1v) is 7.57. The standard InChI is InChI=1S/C15H16ClN3O6/c16-9-1-3-10(4-2-9)19-13(24)11(12(23)18-14(19)25)5-17-15(6-20,7-21)8-22/h1-5,11,20-22H,6-8H2,(H,18,23,25)/t11-/m0/s1. The van der Waals surface area contributed by atoms with Gasteiger partial charge in [0.2, 0.25) is 5.91 Å². The lowest BCUT2D eigenvalue weighted by molar-refractivity contribution is -0.131. The lowest BCUT2D eigenvalue weighted by Crippen LogP contribution is -2.59. The molecular formula is C15H16ClN3O6. The summed E-state index contributed by atoms with van der Waals surface area (Å²) in [5.74, 6) is -3.22. The third-order valence-electron chi connectivity index (χ3n) is 3.67. The van der Waals surface area contributed by atoms with E-state index in [-0.39, 0.29) is 5.69 Å². The first kappa shape index (κ1) is 19.0. The quantitative estimate of drug-likeness (QED) is 0.387. The lowest BCUT2D eigenvalue weighted by Gasteiger charge is -2.29. The number of nitrogens with zero attached hydrogens (tertiary/aromatic N) is 2. The summed E-state index contributed by atoms with van der Waals surface area (Å²) in [6.45, 7) is -2.09. The van der Waals surface area contributed by atoms with Gasteiger partial charge in [-0.25, -0.2) is 9.69 Å². The molecule has 2 rings (SSSR count). The first-order valence-electron chi connectivity index (χ1n) is 7.20. The van der Waals surface area contributed by atoms with Crippen LogP contribution in [0.15, 0.2) is 29.3 Å². The molecule has 1 heterocycles. The summed E-state index contributed by atoms with van der Waals surface area (Å²) in [5, 5.41) is 30.2. The van der Waals surface area contributed by atoms with Gasteiger partial charge in [-0.15, -0.1) is 0 Å². The Morgan fingerprint density at radius 3 is 2.20 bits per heavy atom. The van der Waals surface area contributed by atoms with Crippen LogP contribution >= 0.6 is 11.6 Å². The molecule has 1 aliphatic rings. The van der Waals surface area contributed by atoms with Gasteiger partial charge >= 0.3 is 6.03 Å². The van der Waals surface area contributed by atoms with E-state index in [2.05, 4.69) is 4.99 Å². The highest BCUT2D eigenvalue weighted by Crippen LogP contribution is 2.22. The van der Waals surface area contributed by atoms with Gasteiger partial charge in [-0.3, -0.25) is 19.9 Å². The molecule has 1 saturated heterocycles. The summed E-state index contributed by atoms with van der Waals surface area (Å²) < 4.78 is 0. The molecular weight excluding hydrogens is 354 g/mol. The van der Waals surface area contributed by atoms with Crippen molar-refractivity contribution in [1.82, 2.24) is 5.32 Å². The van der Waals surface area contributed by atoms with E-state index in [0.29, 0.717) is 5.02 Å². The van der Waals surface area contributed by atoms with E-state index in [0.717, 1.165) is 11.1 Å². The maximum Gasteiger partial charge on any atom is 0.335 e.